The molecule has 0 radical (unpaired) electrons. The van der Waals surface area contributed by atoms with Crippen molar-refractivity contribution < 1.29 is 19.1 Å². The highest BCUT2D eigenvalue weighted by molar-refractivity contribution is 5.91. The quantitative estimate of drug-likeness (QED) is 0.231. The summed E-state index contributed by atoms with van der Waals surface area (Å²) in [6.07, 6.45) is 3.61. The lowest BCUT2D eigenvalue weighted by Crippen LogP contribution is -2.24. The number of benzene rings is 3. The zero-order valence-corrected chi connectivity index (χ0v) is 18.2. The fourth-order valence-electron chi connectivity index (χ4n) is 2.88. The molecule has 6 heteroatoms. The fraction of sp³-hybridized carbons (Fsp3) is 0.192. The number of nitrogens with zero attached hydrogens (tertiary/aromatic N) is 1. The molecule has 1 N–H and O–H groups in total. The van der Waals surface area contributed by atoms with Gasteiger partial charge in [0.05, 0.1) is 11.8 Å². The summed E-state index contributed by atoms with van der Waals surface area (Å²) < 4.78 is 10.8. The number of carbonyl (C=O) groups is 2. The highest BCUT2D eigenvalue weighted by atomic mass is 16.5. The number of esters is 1. The van der Waals surface area contributed by atoms with Crippen LogP contribution in [0.15, 0.2) is 77.9 Å². The molecule has 32 heavy (non-hydrogen) atoms. The Hall–Kier alpha value is -3.93. The number of amides is 1. The van der Waals surface area contributed by atoms with Gasteiger partial charge < -0.3 is 9.47 Å². The molecule has 0 saturated heterocycles. The highest BCUT2D eigenvalue weighted by Gasteiger charge is 2.08. The lowest BCUT2D eigenvalue weighted by molar-refractivity contribution is -0.123. The molecule has 0 aliphatic rings. The van der Waals surface area contributed by atoms with E-state index in [0.29, 0.717) is 17.1 Å². The minimum absolute atomic E-state index is 0.127. The average molecular weight is 431 g/mol. The second-order valence-corrected chi connectivity index (χ2v) is 7.30. The number of hydrazone groups is 1. The summed E-state index contributed by atoms with van der Waals surface area (Å²) >= 11 is 0. The largest absolute Gasteiger partial charge is 0.484 e. The Morgan fingerprint density at radius 1 is 0.906 bits per heavy atom. The van der Waals surface area contributed by atoms with Gasteiger partial charge in [-0.3, -0.25) is 4.79 Å². The molecule has 0 bridgehead atoms. The maximum atomic E-state index is 12.2. The normalized spacial score (nSPS) is 10.7. The molecular weight excluding hydrogens is 404 g/mol. The lowest BCUT2D eigenvalue weighted by atomic mass is 10.1. The molecule has 0 saturated carbocycles. The van der Waals surface area contributed by atoms with Gasteiger partial charge >= 0.3 is 5.97 Å². The van der Waals surface area contributed by atoms with Crippen LogP contribution < -0.4 is 14.9 Å². The number of hydrogen-bond donors (Lipinski definition) is 1. The molecule has 1 amide bonds. The van der Waals surface area contributed by atoms with E-state index < -0.39 is 5.97 Å². The summed E-state index contributed by atoms with van der Waals surface area (Å²) in [5, 5.41) is 3.93. The van der Waals surface area contributed by atoms with E-state index in [1.54, 1.807) is 36.4 Å². The molecule has 0 aliphatic carbocycles. The predicted octanol–water partition coefficient (Wildman–Crippen LogP) is 4.70. The van der Waals surface area contributed by atoms with Crippen LogP contribution in [0.25, 0.3) is 0 Å². The number of aryl methyl sites for hydroxylation is 2. The minimum Gasteiger partial charge on any atom is -0.484 e. The zero-order chi connectivity index (χ0) is 22.8. The van der Waals surface area contributed by atoms with E-state index in [1.807, 2.05) is 43.3 Å². The second kappa shape index (κ2) is 11.5. The Bertz CT molecular complexity index is 1060. The van der Waals surface area contributed by atoms with Gasteiger partial charge in [-0.15, -0.1) is 0 Å². The van der Waals surface area contributed by atoms with Gasteiger partial charge in [0.25, 0.3) is 5.91 Å². The lowest BCUT2D eigenvalue weighted by Gasteiger charge is -2.06. The third-order valence-corrected chi connectivity index (χ3v) is 4.61. The van der Waals surface area contributed by atoms with Crippen molar-refractivity contribution in [1.82, 2.24) is 5.43 Å². The second-order valence-electron chi connectivity index (χ2n) is 7.30. The van der Waals surface area contributed by atoms with Crippen molar-refractivity contribution in [3.8, 4) is 11.5 Å². The predicted molar refractivity (Wildman–Crippen MR) is 124 cm³/mol. The Labute approximate surface area is 187 Å². The van der Waals surface area contributed by atoms with Gasteiger partial charge in [-0.25, -0.2) is 10.2 Å². The molecule has 164 valence electrons. The highest BCUT2D eigenvalue weighted by Crippen LogP contribution is 2.15. The van der Waals surface area contributed by atoms with Crippen LogP contribution in [0.1, 0.15) is 40.4 Å². The van der Waals surface area contributed by atoms with Gasteiger partial charge in [-0.2, -0.15) is 5.10 Å². The molecule has 3 aromatic carbocycles. The molecule has 0 heterocycles. The summed E-state index contributed by atoms with van der Waals surface area (Å²) in [6.45, 7) is 3.96. The van der Waals surface area contributed by atoms with Gasteiger partial charge in [0.2, 0.25) is 0 Å². The number of hydrogen-bond acceptors (Lipinski definition) is 5. The first kappa shape index (κ1) is 22.7. The molecule has 0 aliphatic heterocycles. The smallest absolute Gasteiger partial charge is 0.343 e. The maximum absolute atomic E-state index is 12.2. The Morgan fingerprint density at radius 3 is 2.22 bits per heavy atom. The van der Waals surface area contributed by atoms with Crippen LogP contribution in [-0.4, -0.2) is 24.7 Å². The standard InChI is InChI=1S/C26H26N2O4/c1-3-4-20-7-13-23(14-8-20)31-18-25(29)28-27-17-21-9-15-24(16-10-21)32-26(30)22-11-5-19(2)6-12-22/h5-17H,3-4,18H2,1-2H3,(H,28,29)/b27-17+. The molecule has 3 rings (SSSR count). The van der Waals surface area contributed by atoms with E-state index in [1.165, 1.54) is 11.8 Å². The van der Waals surface area contributed by atoms with Crippen molar-refractivity contribution in [2.45, 2.75) is 26.7 Å². The van der Waals surface area contributed by atoms with E-state index in [2.05, 4.69) is 17.5 Å². The Balaban J connectivity index is 1.43. The SMILES string of the molecule is CCCc1ccc(OCC(=O)N/N=C/c2ccc(OC(=O)c3ccc(C)cc3)cc2)cc1. The van der Waals surface area contributed by atoms with E-state index in [-0.39, 0.29) is 12.5 Å². The van der Waals surface area contributed by atoms with Crippen LogP contribution in [0.2, 0.25) is 0 Å². The molecule has 6 nitrogen and oxygen atoms in total. The van der Waals surface area contributed by atoms with E-state index in [4.69, 9.17) is 9.47 Å². The fourth-order valence-corrected chi connectivity index (χ4v) is 2.88. The zero-order valence-electron chi connectivity index (χ0n) is 18.2. The van der Waals surface area contributed by atoms with Crippen LogP contribution >= 0.6 is 0 Å². The third-order valence-electron chi connectivity index (χ3n) is 4.61. The molecular formula is C26H26N2O4. The molecule has 3 aromatic rings. The van der Waals surface area contributed by atoms with Gasteiger partial charge in [0.15, 0.2) is 6.61 Å². The third kappa shape index (κ3) is 7.09. The van der Waals surface area contributed by atoms with Gasteiger partial charge in [-0.05, 0) is 73.0 Å². The first-order valence-electron chi connectivity index (χ1n) is 10.5. The Morgan fingerprint density at radius 2 is 1.56 bits per heavy atom. The summed E-state index contributed by atoms with van der Waals surface area (Å²) in [7, 11) is 0. The summed E-state index contributed by atoms with van der Waals surface area (Å²) in [5.74, 6) is 0.288. The first-order chi connectivity index (χ1) is 15.5. The number of rotatable bonds is 9. The van der Waals surface area contributed by atoms with Crippen LogP contribution in [0, 0.1) is 6.92 Å². The van der Waals surface area contributed by atoms with Crippen LogP contribution in [0.4, 0.5) is 0 Å². The van der Waals surface area contributed by atoms with Crippen molar-refractivity contribution in [2.24, 2.45) is 5.10 Å². The molecule has 0 atom stereocenters. The molecule has 0 fully saturated rings. The van der Waals surface area contributed by atoms with Crippen LogP contribution in [-0.2, 0) is 11.2 Å². The van der Waals surface area contributed by atoms with Gasteiger partial charge in [0.1, 0.15) is 11.5 Å². The summed E-state index contributed by atoms with van der Waals surface area (Å²) in [5.41, 5.74) is 5.97. The number of carbonyl (C=O) groups excluding carboxylic acids is 2. The van der Waals surface area contributed by atoms with Crippen molar-refractivity contribution in [3.63, 3.8) is 0 Å². The number of nitrogens with one attached hydrogen (secondary N) is 1. The minimum atomic E-state index is -0.418. The monoisotopic (exact) mass is 430 g/mol. The van der Waals surface area contributed by atoms with Crippen LogP contribution in [0.5, 0.6) is 11.5 Å². The maximum Gasteiger partial charge on any atom is 0.343 e. The van der Waals surface area contributed by atoms with Crippen molar-refractivity contribution >= 4 is 18.1 Å². The topological polar surface area (TPSA) is 77.0 Å². The van der Waals surface area contributed by atoms with Gasteiger partial charge in [-0.1, -0.05) is 43.2 Å². The van der Waals surface area contributed by atoms with E-state index in [0.717, 1.165) is 24.0 Å². The summed E-state index contributed by atoms with van der Waals surface area (Å²) in [4.78, 5) is 24.1. The van der Waals surface area contributed by atoms with Crippen LogP contribution in [0.3, 0.4) is 0 Å². The van der Waals surface area contributed by atoms with E-state index in [9.17, 15) is 9.59 Å². The van der Waals surface area contributed by atoms with Crippen molar-refractivity contribution in [2.75, 3.05) is 6.61 Å². The number of ether oxygens (including phenoxy) is 2. The average Bonchev–Trinajstić information content (AvgIpc) is 2.80. The first-order valence-corrected chi connectivity index (χ1v) is 10.5. The Kier molecular flexibility index (Phi) is 8.15. The van der Waals surface area contributed by atoms with Crippen molar-refractivity contribution in [3.05, 3.63) is 95.1 Å². The van der Waals surface area contributed by atoms with Crippen molar-refractivity contribution in [1.29, 1.82) is 0 Å². The molecule has 0 spiro atoms. The summed E-state index contributed by atoms with van der Waals surface area (Å²) in [6, 6.07) is 21.7. The molecule has 0 aromatic heterocycles. The molecule has 0 unspecified atom stereocenters. The van der Waals surface area contributed by atoms with E-state index >= 15 is 0 Å². The van der Waals surface area contributed by atoms with Gasteiger partial charge in [0, 0.05) is 0 Å².